The minimum Gasteiger partial charge on any atom is -0.335 e. The molecule has 2 nitrogen and oxygen atoms in total. The first-order chi connectivity index (χ1) is 8.08. The van der Waals surface area contributed by atoms with E-state index in [2.05, 4.69) is 24.2 Å². The van der Waals surface area contributed by atoms with Gasteiger partial charge < -0.3 is 5.32 Å². The molecule has 92 valence electrons. The molecule has 0 amide bonds. The van der Waals surface area contributed by atoms with Crippen molar-refractivity contribution in [2.75, 3.05) is 11.1 Å². The van der Waals surface area contributed by atoms with E-state index in [9.17, 15) is 0 Å². The summed E-state index contributed by atoms with van der Waals surface area (Å²) in [6, 6.07) is 6.28. The Balaban J connectivity index is 2.16. The van der Waals surface area contributed by atoms with Crippen LogP contribution in [-0.4, -0.2) is 17.0 Å². The van der Waals surface area contributed by atoms with Crippen molar-refractivity contribution in [2.45, 2.75) is 26.8 Å². The van der Waals surface area contributed by atoms with E-state index >= 15 is 0 Å². The van der Waals surface area contributed by atoms with Crippen LogP contribution < -0.4 is 5.32 Å². The van der Waals surface area contributed by atoms with Crippen molar-refractivity contribution in [2.24, 2.45) is 10.9 Å². The minimum absolute atomic E-state index is 0.387. The van der Waals surface area contributed by atoms with E-state index in [1.165, 1.54) is 0 Å². The summed E-state index contributed by atoms with van der Waals surface area (Å²) in [6.45, 7) is 6.42. The second-order valence-electron chi connectivity index (χ2n) is 4.50. The molecule has 0 radical (unpaired) electrons. The molecule has 1 heterocycles. The first-order valence-corrected chi connectivity index (χ1v) is 7.17. The van der Waals surface area contributed by atoms with Crippen LogP contribution in [-0.2, 0) is 0 Å². The molecule has 1 aliphatic heterocycles. The maximum Gasteiger partial charge on any atom is 0.161 e. The van der Waals surface area contributed by atoms with Crippen LogP contribution in [0.2, 0.25) is 5.02 Å². The number of rotatable bonds is 1. The van der Waals surface area contributed by atoms with E-state index in [4.69, 9.17) is 11.6 Å². The SMILES string of the molecule is Cc1c(Cl)cccc1NC1=NC(C)C(C)CS1. The molecule has 0 aromatic heterocycles. The zero-order chi connectivity index (χ0) is 12.4. The van der Waals surface area contributed by atoms with Gasteiger partial charge in [-0.1, -0.05) is 36.4 Å². The van der Waals surface area contributed by atoms with Crippen molar-refractivity contribution in [3.05, 3.63) is 28.8 Å². The van der Waals surface area contributed by atoms with Crippen LogP contribution in [0.25, 0.3) is 0 Å². The van der Waals surface area contributed by atoms with E-state index < -0.39 is 0 Å². The lowest BCUT2D eigenvalue weighted by Crippen LogP contribution is -2.25. The smallest absolute Gasteiger partial charge is 0.161 e. The molecule has 0 saturated carbocycles. The van der Waals surface area contributed by atoms with Gasteiger partial charge in [-0.2, -0.15) is 0 Å². The lowest BCUT2D eigenvalue weighted by Gasteiger charge is -2.24. The highest BCUT2D eigenvalue weighted by atomic mass is 35.5. The van der Waals surface area contributed by atoms with E-state index in [0.717, 1.165) is 27.2 Å². The van der Waals surface area contributed by atoms with Gasteiger partial charge in [0.1, 0.15) is 0 Å². The molecule has 4 heteroatoms. The topological polar surface area (TPSA) is 24.4 Å². The second kappa shape index (κ2) is 5.32. The third kappa shape index (κ3) is 2.96. The van der Waals surface area contributed by atoms with Crippen molar-refractivity contribution in [3.63, 3.8) is 0 Å². The summed E-state index contributed by atoms with van der Waals surface area (Å²) in [5, 5.41) is 5.16. The number of hydrogen-bond acceptors (Lipinski definition) is 3. The minimum atomic E-state index is 0.387. The summed E-state index contributed by atoms with van der Waals surface area (Å²) in [5.41, 5.74) is 2.12. The summed E-state index contributed by atoms with van der Waals surface area (Å²) >= 11 is 7.88. The summed E-state index contributed by atoms with van der Waals surface area (Å²) in [4.78, 5) is 4.65. The largest absolute Gasteiger partial charge is 0.335 e. The Labute approximate surface area is 112 Å². The Kier molecular flexibility index (Phi) is 4.00. The number of halogens is 1. The average Bonchev–Trinajstić information content (AvgIpc) is 2.30. The fourth-order valence-corrected chi connectivity index (χ4v) is 2.92. The highest BCUT2D eigenvalue weighted by Gasteiger charge is 2.19. The number of anilines is 1. The molecule has 0 bridgehead atoms. The molecular weight excluding hydrogens is 252 g/mol. The lowest BCUT2D eigenvalue weighted by atomic mass is 10.1. The molecule has 2 rings (SSSR count). The number of thioether (sulfide) groups is 1. The summed E-state index contributed by atoms with van der Waals surface area (Å²) in [7, 11) is 0. The van der Waals surface area contributed by atoms with Crippen LogP contribution in [0.4, 0.5) is 5.69 Å². The Hall–Kier alpha value is -0.670. The van der Waals surface area contributed by atoms with Gasteiger partial charge in [-0.25, -0.2) is 0 Å². The van der Waals surface area contributed by atoms with E-state index in [1.54, 1.807) is 11.8 Å². The predicted molar refractivity (Wildman–Crippen MR) is 78.3 cm³/mol. The first kappa shape index (κ1) is 12.8. The highest BCUT2D eigenvalue weighted by Crippen LogP contribution is 2.27. The van der Waals surface area contributed by atoms with Crippen LogP contribution in [0.1, 0.15) is 19.4 Å². The van der Waals surface area contributed by atoms with E-state index in [1.807, 2.05) is 25.1 Å². The maximum atomic E-state index is 6.10. The van der Waals surface area contributed by atoms with Crippen molar-refractivity contribution < 1.29 is 0 Å². The van der Waals surface area contributed by atoms with Gasteiger partial charge in [0.25, 0.3) is 0 Å². The molecule has 0 spiro atoms. The van der Waals surface area contributed by atoms with Gasteiger partial charge in [0.15, 0.2) is 5.17 Å². The Morgan fingerprint density at radius 2 is 2.18 bits per heavy atom. The molecule has 1 aromatic rings. The fourth-order valence-electron chi connectivity index (χ4n) is 1.63. The molecule has 0 saturated heterocycles. The van der Waals surface area contributed by atoms with Crippen molar-refractivity contribution in [1.82, 2.24) is 0 Å². The van der Waals surface area contributed by atoms with Gasteiger partial charge in [-0.3, -0.25) is 4.99 Å². The standard InChI is InChI=1S/C13H17ClN2S/c1-8-7-17-13(15-10(8)3)16-12-6-4-5-11(14)9(12)2/h4-6,8,10H,7H2,1-3H3,(H,15,16). The Morgan fingerprint density at radius 1 is 1.41 bits per heavy atom. The van der Waals surface area contributed by atoms with Gasteiger partial charge >= 0.3 is 0 Å². The van der Waals surface area contributed by atoms with Crippen LogP contribution >= 0.6 is 23.4 Å². The van der Waals surface area contributed by atoms with Gasteiger partial charge in [0, 0.05) is 16.5 Å². The zero-order valence-corrected chi connectivity index (χ0v) is 11.9. The van der Waals surface area contributed by atoms with Gasteiger partial charge in [-0.05, 0) is 37.5 Å². The van der Waals surface area contributed by atoms with Crippen LogP contribution in [0, 0.1) is 12.8 Å². The molecular formula is C13H17ClN2S. The lowest BCUT2D eigenvalue weighted by molar-refractivity contribution is 0.537. The van der Waals surface area contributed by atoms with Crippen molar-refractivity contribution in [1.29, 1.82) is 0 Å². The number of nitrogens with zero attached hydrogens (tertiary/aromatic N) is 1. The molecule has 1 N–H and O–H groups in total. The van der Waals surface area contributed by atoms with Crippen LogP contribution in [0.5, 0.6) is 0 Å². The third-order valence-corrected chi connectivity index (χ3v) is 4.72. The van der Waals surface area contributed by atoms with E-state index in [-0.39, 0.29) is 0 Å². The van der Waals surface area contributed by atoms with Gasteiger partial charge in [-0.15, -0.1) is 0 Å². The highest BCUT2D eigenvalue weighted by molar-refractivity contribution is 8.14. The predicted octanol–water partition coefficient (Wildman–Crippen LogP) is 4.19. The number of hydrogen-bond donors (Lipinski definition) is 1. The third-order valence-electron chi connectivity index (χ3n) is 3.14. The summed E-state index contributed by atoms with van der Waals surface area (Å²) in [5.74, 6) is 1.76. The number of nitrogens with one attached hydrogen (secondary N) is 1. The normalized spacial score (nSPS) is 24.4. The van der Waals surface area contributed by atoms with Crippen molar-refractivity contribution >= 4 is 34.2 Å². The first-order valence-electron chi connectivity index (χ1n) is 5.80. The van der Waals surface area contributed by atoms with E-state index in [0.29, 0.717) is 12.0 Å². The quantitative estimate of drug-likeness (QED) is 0.826. The van der Waals surface area contributed by atoms with Gasteiger partial charge in [0.05, 0.1) is 6.04 Å². The summed E-state index contributed by atoms with van der Waals surface area (Å²) in [6.07, 6.45) is 0. The molecule has 0 aliphatic carbocycles. The molecule has 1 aromatic carbocycles. The molecule has 2 atom stereocenters. The molecule has 2 unspecified atom stereocenters. The van der Waals surface area contributed by atoms with Gasteiger partial charge in [0.2, 0.25) is 0 Å². The van der Waals surface area contributed by atoms with Crippen molar-refractivity contribution in [3.8, 4) is 0 Å². The fraction of sp³-hybridized carbons (Fsp3) is 0.462. The number of benzene rings is 1. The van der Waals surface area contributed by atoms with Crippen LogP contribution in [0.3, 0.4) is 0 Å². The molecule has 0 fully saturated rings. The molecule has 1 aliphatic rings. The number of amidine groups is 1. The summed E-state index contributed by atoms with van der Waals surface area (Å²) < 4.78 is 0. The van der Waals surface area contributed by atoms with Crippen LogP contribution in [0.15, 0.2) is 23.2 Å². The maximum absolute atomic E-state index is 6.10. The Morgan fingerprint density at radius 3 is 2.88 bits per heavy atom. The second-order valence-corrected chi connectivity index (χ2v) is 5.92. The Bertz CT molecular complexity index is 445. The number of aliphatic imine (C=N–C) groups is 1. The zero-order valence-electron chi connectivity index (χ0n) is 10.3. The average molecular weight is 269 g/mol. The molecule has 17 heavy (non-hydrogen) atoms. The monoisotopic (exact) mass is 268 g/mol.